The summed E-state index contributed by atoms with van der Waals surface area (Å²) < 4.78 is 0. The van der Waals surface area contributed by atoms with E-state index < -0.39 is 0 Å². The molecule has 0 bridgehead atoms. The summed E-state index contributed by atoms with van der Waals surface area (Å²) in [5.41, 5.74) is 2.25. The lowest BCUT2D eigenvalue weighted by molar-refractivity contribution is -0.139. The standard InChI is InChI=1S/C11H15N3O/c15-11(8-2-1-3-8)14-5-4-9-10(6-14)13-7-12-9/h7-8H,1-6H2,(H,12,13). The molecular formula is C11H15N3O. The average molecular weight is 205 g/mol. The number of hydrogen-bond donors (Lipinski definition) is 1. The topological polar surface area (TPSA) is 49.0 Å². The van der Waals surface area contributed by atoms with Crippen molar-refractivity contribution in [2.45, 2.75) is 32.2 Å². The van der Waals surface area contributed by atoms with Crippen LogP contribution in [0.2, 0.25) is 0 Å². The van der Waals surface area contributed by atoms with Gasteiger partial charge in [0.2, 0.25) is 5.91 Å². The molecule has 0 atom stereocenters. The molecule has 1 N–H and O–H groups in total. The van der Waals surface area contributed by atoms with Crippen molar-refractivity contribution in [3.63, 3.8) is 0 Å². The summed E-state index contributed by atoms with van der Waals surface area (Å²) in [5.74, 6) is 0.663. The summed E-state index contributed by atoms with van der Waals surface area (Å²) >= 11 is 0. The van der Waals surface area contributed by atoms with Crippen LogP contribution in [0.15, 0.2) is 6.33 Å². The van der Waals surface area contributed by atoms with E-state index in [0.29, 0.717) is 11.8 Å². The van der Waals surface area contributed by atoms with Crippen molar-refractivity contribution in [3.8, 4) is 0 Å². The molecule has 2 heterocycles. The van der Waals surface area contributed by atoms with E-state index in [1.807, 2.05) is 4.90 Å². The van der Waals surface area contributed by atoms with Crippen LogP contribution < -0.4 is 0 Å². The van der Waals surface area contributed by atoms with E-state index in [1.165, 1.54) is 6.42 Å². The van der Waals surface area contributed by atoms with Gasteiger partial charge in [-0.25, -0.2) is 4.98 Å². The number of nitrogens with zero attached hydrogens (tertiary/aromatic N) is 2. The van der Waals surface area contributed by atoms with Crippen LogP contribution in [0.4, 0.5) is 0 Å². The summed E-state index contributed by atoms with van der Waals surface area (Å²) in [4.78, 5) is 21.3. The van der Waals surface area contributed by atoms with Gasteiger partial charge in [-0.05, 0) is 12.8 Å². The number of rotatable bonds is 1. The molecule has 3 rings (SSSR count). The van der Waals surface area contributed by atoms with Crippen LogP contribution in [0, 0.1) is 5.92 Å². The molecular weight excluding hydrogens is 190 g/mol. The minimum atomic E-state index is 0.314. The highest BCUT2D eigenvalue weighted by Crippen LogP contribution is 2.29. The Morgan fingerprint density at radius 1 is 1.53 bits per heavy atom. The lowest BCUT2D eigenvalue weighted by Crippen LogP contribution is -2.41. The van der Waals surface area contributed by atoms with Gasteiger partial charge >= 0.3 is 0 Å². The number of aromatic amines is 1. The predicted octanol–water partition coefficient (Wildman–Crippen LogP) is 1.09. The van der Waals surface area contributed by atoms with Gasteiger partial charge in [0.1, 0.15) is 0 Å². The first-order valence-electron chi connectivity index (χ1n) is 5.64. The highest BCUT2D eigenvalue weighted by atomic mass is 16.2. The Bertz CT molecular complexity index is 381. The maximum absolute atomic E-state index is 12.0. The SMILES string of the molecule is O=C(C1CCC1)N1CCc2nc[nH]c2C1. The van der Waals surface area contributed by atoms with Crippen molar-refractivity contribution in [1.82, 2.24) is 14.9 Å². The van der Waals surface area contributed by atoms with Crippen LogP contribution in [0.5, 0.6) is 0 Å². The smallest absolute Gasteiger partial charge is 0.226 e. The van der Waals surface area contributed by atoms with E-state index in [-0.39, 0.29) is 0 Å². The van der Waals surface area contributed by atoms with Crippen LogP contribution in [0.3, 0.4) is 0 Å². The Morgan fingerprint density at radius 3 is 3.13 bits per heavy atom. The van der Waals surface area contributed by atoms with Crippen molar-refractivity contribution in [1.29, 1.82) is 0 Å². The van der Waals surface area contributed by atoms with Crippen molar-refractivity contribution < 1.29 is 4.79 Å². The van der Waals surface area contributed by atoms with Gasteiger partial charge in [-0.15, -0.1) is 0 Å². The van der Waals surface area contributed by atoms with Crippen LogP contribution in [0.1, 0.15) is 30.7 Å². The summed E-state index contributed by atoms with van der Waals surface area (Å²) in [6, 6.07) is 0. The lowest BCUT2D eigenvalue weighted by Gasteiger charge is -2.33. The van der Waals surface area contributed by atoms with Crippen molar-refractivity contribution >= 4 is 5.91 Å². The fraction of sp³-hybridized carbons (Fsp3) is 0.636. The van der Waals surface area contributed by atoms with E-state index in [4.69, 9.17) is 0 Å². The largest absolute Gasteiger partial charge is 0.347 e. The molecule has 0 unspecified atom stereocenters. The van der Waals surface area contributed by atoms with Gasteiger partial charge in [-0.1, -0.05) is 6.42 Å². The summed E-state index contributed by atoms with van der Waals surface area (Å²) in [6.45, 7) is 1.57. The first-order chi connectivity index (χ1) is 7.34. The fourth-order valence-electron chi connectivity index (χ4n) is 2.31. The normalized spacial score (nSPS) is 20.9. The van der Waals surface area contributed by atoms with Crippen LogP contribution in [-0.4, -0.2) is 27.3 Å². The number of nitrogens with one attached hydrogen (secondary N) is 1. The van der Waals surface area contributed by atoms with Gasteiger partial charge in [0.05, 0.1) is 24.3 Å². The third kappa shape index (κ3) is 1.44. The predicted molar refractivity (Wildman–Crippen MR) is 55.0 cm³/mol. The molecule has 1 aromatic rings. The summed E-state index contributed by atoms with van der Waals surface area (Å²) in [6.07, 6.45) is 6.02. The third-order valence-electron chi connectivity index (χ3n) is 3.54. The Morgan fingerprint density at radius 2 is 2.40 bits per heavy atom. The maximum atomic E-state index is 12.0. The lowest BCUT2D eigenvalue weighted by atomic mass is 9.84. The minimum absolute atomic E-state index is 0.314. The maximum Gasteiger partial charge on any atom is 0.226 e. The van der Waals surface area contributed by atoms with Crippen LogP contribution in [-0.2, 0) is 17.8 Å². The molecule has 80 valence electrons. The van der Waals surface area contributed by atoms with Gasteiger partial charge in [0.15, 0.2) is 0 Å². The molecule has 1 amide bonds. The second kappa shape index (κ2) is 3.36. The van der Waals surface area contributed by atoms with Gasteiger partial charge in [-0.3, -0.25) is 4.79 Å². The first-order valence-corrected chi connectivity index (χ1v) is 5.64. The van der Waals surface area contributed by atoms with Crippen molar-refractivity contribution in [3.05, 3.63) is 17.7 Å². The quantitative estimate of drug-likeness (QED) is 0.746. The molecule has 2 aliphatic rings. The van der Waals surface area contributed by atoms with Crippen molar-refractivity contribution in [2.24, 2.45) is 5.92 Å². The number of carbonyl (C=O) groups is 1. The Hall–Kier alpha value is -1.32. The highest BCUT2D eigenvalue weighted by molar-refractivity contribution is 5.79. The zero-order chi connectivity index (χ0) is 10.3. The molecule has 0 aromatic carbocycles. The third-order valence-corrected chi connectivity index (χ3v) is 3.54. The molecule has 1 fully saturated rings. The van der Waals surface area contributed by atoms with E-state index >= 15 is 0 Å². The monoisotopic (exact) mass is 205 g/mol. The molecule has 1 saturated carbocycles. The number of imidazole rings is 1. The molecule has 0 spiro atoms. The molecule has 0 saturated heterocycles. The average Bonchev–Trinajstić information content (AvgIpc) is 2.61. The number of fused-ring (bicyclic) bond motifs is 1. The van der Waals surface area contributed by atoms with Gasteiger partial charge < -0.3 is 9.88 Å². The second-order valence-corrected chi connectivity index (χ2v) is 4.47. The summed E-state index contributed by atoms with van der Waals surface area (Å²) in [7, 11) is 0. The van der Waals surface area contributed by atoms with Gasteiger partial charge in [0.25, 0.3) is 0 Å². The molecule has 4 nitrogen and oxygen atoms in total. The number of hydrogen-bond acceptors (Lipinski definition) is 2. The Balaban J connectivity index is 1.72. The molecule has 15 heavy (non-hydrogen) atoms. The number of aromatic nitrogens is 2. The van der Waals surface area contributed by atoms with E-state index in [9.17, 15) is 4.79 Å². The minimum Gasteiger partial charge on any atom is -0.347 e. The van der Waals surface area contributed by atoms with Crippen LogP contribution >= 0.6 is 0 Å². The number of H-pyrrole nitrogens is 1. The highest BCUT2D eigenvalue weighted by Gasteiger charge is 2.31. The zero-order valence-electron chi connectivity index (χ0n) is 8.70. The van der Waals surface area contributed by atoms with E-state index in [0.717, 1.165) is 43.7 Å². The van der Waals surface area contributed by atoms with E-state index in [1.54, 1.807) is 6.33 Å². The van der Waals surface area contributed by atoms with Crippen LogP contribution in [0.25, 0.3) is 0 Å². The molecule has 0 radical (unpaired) electrons. The van der Waals surface area contributed by atoms with Gasteiger partial charge in [0, 0.05) is 18.9 Å². The summed E-state index contributed by atoms with van der Waals surface area (Å²) in [5, 5.41) is 0. The van der Waals surface area contributed by atoms with E-state index in [2.05, 4.69) is 9.97 Å². The Labute approximate surface area is 88.7 Å². The number of carbonyl (C=O) groups excluding carboxylic acids is 1. The second-order valence-electron chi connectivity index (χ2n) is 4.47. The molecule has 4 heteroatoms. The zero-order valence-corrected chi connectivity index (χ0v) is 8.70. The van der Waals surface area contributed by atoms with Gasteiger partial charge in [-0.2, -0.15) is 0 Å². The first kappa shape index (κ1) is 8.95. The van der Waals surface area contributed by atoms with Crippen molar-refractivity contribution in [2.75, 3.05) is 6.54 Å². The fourth-order valence-corrected chi connectivity index (χ4v) is 2.31. The molecule has 1 aliphatic heterocycles. The molecule has 1 aliphatic carbocycles. The number of amides is 1. The molecule has 1 aromatic heterocycles. The Kier molecular flexibility index (Phi) is 2.01.